The molecular weight excluding hydrogens is 260 g/mol. The second-order valence-corrected chi connectivity index (χ2v) is 5.79. The fourth-order valence-electron chi connectivity index (χ4n) is 2.62. The van der Waals surface area contributed by atoms with Gasteiger partial charge in [-0.05, 0) is 37.5 Å². The number of rotatable bonds is 2. The van der Waals surface area contributed by atoms with Gasteiger partial charge in [-0.2, -0.15) is 0 Å². The Balaban J connectivity index is 2.09. The van der Waals surface area contributed by atoms with E-state index in [0.29, 0.717) is 5.02 Å². The van der Waals surface area contributed by atoms with Crippen LogP contribution in [0.1, 0.15) is 37.7 Å². The molecule has 2 atom stereocenters. The zero-order valence-corrected chi connectivity index (χ0v) is 12.0. The molecular formula is C15H21ClN2O. The number of amides is 1. The van der Waals surface area contributed by atoms with Crippen molar-refractivity contribution in [2.75, 3.05) is 5.32 Å². The highest BCUT2D eigenvalue weighted by Gasteiger charge is 2.27. The highest BCUT2D eigenvalue weighted by atomic mass is 35.5. The molecule has 0 aliphatic heterocycles. The van der Waals surface area contributed by atoms with Crippen molar-refractivity contribution >= 4 is 23.2 Å². The summed E-state index contributed by atoms with van der Waals surface area (Å²) in [6.45, 7) is 1.96. The van der Waals surface area contributed by atoms with Crippen LogP contribution in [-0.2, 0) is 4.79 Å². The molecule has 1 aliphatic rings. The number of nitrogens with two attached hydrogens (primary N) is 1. The Bertz CT molecular complexity index is 461. The second-order valence-electron chi connectivity index (χ2n) is 5.36. The van der Waals surface area contributed by atoms with E-state index in [1.165, 1.54) is 6.42 Å². The van der Waals surface area contributed by atoms with E-state index in [1.54, 1.807) is 6.07 Å². The SMILES string of the molecule is Cc1ccc(Cl)cc1NC(=O)C1CCCCCC1N. The first-order valence-corrected chi connectivity index (χ1v) is 7.28. The zero-order valence-electron chi connectivity index (χ0n) is 11.3. The van der Waals surface area contributed by atoms with Crippen molar-refractivity contribution in [1.82, 2.24) is 0 Å². The molecule has 0 aromatic heterocycles. The molecule has 0 spiro atoms. The molecule has 0 heterocycles. The number of aryl methyl sites for hydroxylation is 1. The van der Waals surface area contributed by atoms with E-state index in [1.807, 2.05) is 19.1 Å². The Labute approximate surface area is 119 Å². The van der Waals surface area contributed by atoms with Crippen LogP contribution < -0.4 is 11.1 Å². The van der Waals surface area contributed by atoms with Crippen LogP contribution in [0.3, 0.4) is 0 Å². The Morgan fingerprint density at radius 2 is 2.05 bits per heavy atom. The highest BCUT2D eigenvalue weighted by molar-refractivity contribution is 6.31. The summed E-state index contributed by atoms with van der Waals surface area (Å²) in [6, 6.07) is 5.49. The van der Waals surface area contributed by atoms with E-state index in [-0.39, 0.29) is 17.9 Å². The molecule has 1 saturated carbocycles. The van der Waals surface area contributed by atoms with Gasteiger partial charge in [0, 0.05) is 16.8 Å². The largest absolute Gasteiger partial charge is 0.327 e. The fraction of sp³-hybridized carbons (Fsp3) is 0.533. The first-order valence-electron chi connectivity index (χ1n) is 6.90. The quantitative estimate of drug-likeness (QED) is 0.815. The summed E-state index contributed by atoms with van der Waals surface area (Å²) >= 11 is 5.96. The van der Waals surface area contributed by atoms with Gasteiger partial charge >= 0.3 is 0 Å². The van der Waals surface area contributed by atoms with E-state index < -0.39 is 0 Å². The number of carbonyl (C=O) groups excluding carboxylic acids is 1. The van der Waals surface area contributed by atoms with E-state index in [0.717, 1.165) is 36.9 Å². The van der Waals surface area contributed by atoms with Crippen molar-refractivity contribution in [2.24, 2.45) is 11.7 Å². The van der Waals surface area contributed by atoms with Gasteiger partial charge in [-0.3, -0.25) is 4.79 Å². The molecule has 2 rings (SSSR count). The lowest BCUT2D eigenvalue weighted by Crippen LogP contribution is -2.37. The van der Waals surface area contributed by atoms with Crippen LogP contribution in [0.2, 0.25) is 5.02 Å². The maximum atomic E-state index is 12.4. The average Bonchev–Trinajstić information content (AvgIpc) is 2.58. The Kier molecular flexibility index (Phi) is 4.83. The van der Waals surface area contributed by atoms with Gasteiger partial charge in [0.05, 0.1) is 5.92 Å². The maximum absolute atomic E-state index is 12.4. The lowest BCUT2D eigenvalue weighted by Gasteiger charge is -2.21. The fourth-order valence-corrected chi connectivity index (χ4v) is 2.79. The molecule has 104 valence electrons. The molecule has 19 heavy (non-hydrogen) atoms. The molecule has 1 aromatic rings. The van der Waals surface area contributed by atoms with Crippen LogP contribution in [0.4, 0.5) is 5.69 Å². The second kappa shape index (κ2) is 6.40. The number of halogens is 1. The van der Waals surface area contributed by atoms with E-state index >= 15 is 0 Å². The van der Waals surface area contributed by atoms with Crippen molar-refractivity contribution < 1.29 is 4.79 Å². The molecule has 0 bridgehead atoms. The third-order valence-corrected chi connectivity index (χ3v) is 4.10. The van der Waals surface area contributed by atoms with Crippen LogP contribution >= 0.6 is 11.6 Å². The molecule has 4 heteroatoms. The minimum atomic E-state index is -0.0825. The van der Waals surface area contributed by atoms with Gasteiger partial charge in [-0.25, -0.2) is 0 Å². The summed E-state index contributed by atoms with van der Waals surface area (Å²) < 4.78 is 0. The van der Waals surface area contributed by atoms with Crippen LogP contribution in [-0.4, -0.2) is 11.9 Å². The average molecular weight is 281 g/mol. The summed E-state index contributed by atoms with van der Waals surface area (Å²) in [5.74, 6) is -0.0550. The molecule has 1 amide bonds. The molecule has 2 unspecified atom stereocenters. The standard InChI is InChI=1S/C15H21ClN2O/c1-10-7-8-11(16)9-14(10)18-15(19)12-5-3-2-4-6-13(12)17/h7-9,12-13H,2-6,17H2,1H3,(H,18,19). The molecule has 3 nitrogen and oxygen atoms in total. The summed E-state index contributed by atoms with van der Waals surface area (Å²) in [7, 11) is 0. The van der Waals surface area contributed by atoms with Crippen LogP contribution in [0.15, 0.2) is 18.2 Å². The Hall–Kier alpha value is -1.06. The molecule has 0 radical (unpaired) electrons. The van der Waals surface area contributed by atoms with Gasteiger partial charge in [0.25, 0.3) is 0 Å². The third-order valence-electron chi connectivity index (χ3n) is 3.86. The van der Waals surface area contributed by atoms with E-state index in [4.69, 9.17) is 17.3 Å². The minimum absolute atomic E-state index is 0.0259. The molecule has 1 aromatic carbocycles. The lowest BCUT2D eigenvalue weighted by atomic mass is 9.94. The van der Waals surface area contributed by atoms with Crippen LogP contribution in [0, 0.1) is 12.8 Å². The number of nitrogens with one attached hydrogen (secondary N) is 1. The predicted molar refractivity (Wildman–Crippen MR) is 79.4 cm³/mol. The first-order chi connectivity index (χ1) is 9.08. The van der Waals surface area contributed by atoms with Crippen molar-refractivity contribution in [1.29, 1.82) is 0 Å². The topological polar surface area (TPSA) is 55.1 Å². The number of hydrogen-bond acceptors (Lipinski definition) is 2. The molecule has 1 aliphatic carbocycles. The number of benzene rings is 1. The zero-order chi connectivity index (χ0) is 13.8. The van der Waals surface area contributed by atoms with Gasteiger partial charge in [0.1, 0.15) is 0 Å². The van der Waals surface area contributed by atoms with Gasteiger partial charge in [0.2, 0.25) is 5.91 Å². The van der Waals surface area contributed by atoms with Crippen molar-refractivity contribution in [2.45, 2.75) is 45.1 Å². The number of carbonyl (C=O) groups is 1. The summed E-state index contributed by atoms with van der Waals surface area (Å²) in [6.07, 6.45) is 5.20. The van der Waals surface area contributed by atoms with Gasteiger partial charge in [-0.15, -0.1) is 0 Å². The van der Waals surface area contributed by atoms with Crippen LogP contribution in [0.25, 0.3) is 0 Å². The monoisotopic (exact) mass is 280 g/mol. The predicted octanol–water partition coefficient (Wildman–Crippen LogP) is 3.49. The van der Waals surface area contributed by atoms with Gasteiger partial charge in [0.15, 0.2) is 0 Å². The van der Waals surface area contributed by atoms with Crippen LogP contribution in [0.5, 0.6) is 0 Å². The first kappa shape index (κ1) is 14.4. The van der Waals surface area contributed by atoms with Gasteiger partial charge in [-0.1, -0.05) is 36.9 Å². The number of hydrogen-bond donors (Lipinski definition) is 2. The minimum Gasteiger partial charge on any atom is -0.327 e. The molecule has 0 saturated heterocycles. The van der Waals surface area contributed by atoms with Crippen molar-refractivity contribution in [3.05, 3.63) is 28.8 Å². The lowest BCUT2D eigenvalue weighted by molar-refractivity contribution is -0.120. The maximum Gasteiger partial charge on any atom is 0.229 e. The number of anilines is 1. The smallest absolute Gasteiger partial charge is 0.229 e. The highest BCUT2D eigenvalue weighted by Crippen LogP contribution is 2.25. The normalized spacial score (nSPS) is 23.7. The van der Waals surface area contributed by atoms with Gasteiger partial charge < -0.3 is 11.1 Å². The Morgan fingerprint density at radius 1 is 1.32 bits per heavy atom. The summed E-state index contributed by atoms with van der Waals surface area (Å²) in [5.41, 5.74) is 7.91. The third kappa shape index (κ3) is 3.71. The Morgan fingerprint density at radius 3 is 2.84 bits per heavy atom. The van der Waals surface area contributed by atoms with Crippen molar-refractivity contribution in [3.63, 3.8) is 0 Å². The van der Waals surface area contributed by atoms with Crippen molar-refractivity contribution in [3.8, 4) is 0 Å². The van der Waals surface area contributed by atoms with E-state index in [2.05, 4.69) is 5.32 Å². The molecule has 3 N–H and O–H groups in total. The summed E-state index contributed by atoms with van der Waals surface area (Å²) in [4.78, 5) is 12.4. The molecule has 1 fully saturated rings. The van der Waals surface area contributed by atoms with E-state index in [9.17, 15) is 4.79 Å². The summed E-state index contributed by atoms with van der Waals surface area (Å²) in [5, 5.41) is 3.61.